The zero-order chi connectivity index (χ0) is 23.3. The van der Waals surface area contributed by atoms with Gasteiger partial charge in [0.2, 0.25) is 5.95 Å². The van der Waals surface area contributed by atoms with Crippen LogP contribution in [-0.2, 0) is 6.54 Å². The van der Waals surface area contributed by atoms with Crippen LogP contribution < -0.4 is 16.4 Å². The molecule has 1 atom stereocenters. The molecule has 0 radical (unpaired) electrons. The molecule has 9 heteroatoms. The Bertz CT molecular complexity index is 1070. The number of unbranched alkanes of at least 4 members (excludes halogenated alkanes) is 1. The molecule has 3 aromatic heterocycles. The van der Waals surface area contributed by atoms with Crippen LogP contribution in [0.5, 0.6) is 0 Å². The molecule has 0 amide bonds. The molecule has 0 bridgehead atoms. The fraction of sp³-hybridized carbons (Fsp3) is 0.500. The maximum absolute atomic E-state index is 9.96. The molecule has 9 nitrogen and oxygen atoms in total. The highest BCUT2D eigenvalue weighted by atomic mass is 16.3. The number of fused-ring (bicyclic) bond motifs is 1. The lowest BCUT2D eigenvalue weighted by atomic mass is 9.96. The maximum Gasteiger partial charge on any atom is 0.222 e. The predicted octanol–water partition coefficient (Wildman–Crippen LogP) is 2.43. The van der Waals surface area contributed by atoms with Crippen molar-refractivity contribution >= 4 is 22.8 Å². The second kappa shape index (κ2) is 10.4. The molecule has 3 aromatic rings. The zero-order valence-electron chi connectivity index (χ0n) is 19.5. The van der Waals surface area contributed by atoms with E-state index in [1.54, 1.807) is 0 Å². The van der Waals surface area contributed by atoms with Crippen LogP contribution in [0.3, 0.4) is 0 Å². The van der Waals surface area contributed by atoms with Gasteiger partial charge in [0.25, 0.3) is 0 Å². The van der Waals surface area contributed by atoms with Gasteiger partial charge in [0, 0.05) is 56.2 Å². The Morgan fingerprint density at radius 3 is 2.64 bits per heavy atom. The third kappa shape index (κ3) is 5.73. The fourth-order valence-electron chi connectivity index (χ4n) is 4.10. The third-order valence-corrected chi connectivity index (χ3v) is 6.16. The second-order valence-electron chi connectivity index (χ2n) is 9.03. The van der Waals surface area contributed by atoms with Crippen molar-refractivity contribution in [2.24, 2.45) is 0 Å². The topological polar surface area (TPSA) is 125 Å². The summed E-state index contributed by atoms with van der Waals surface area (Å²) in [6.45, 7) is 9.10. The average Bonchev–Trinajstić information content (AvgIpc) is 2.83. The van der Waals surface area contributed by atoms with Gasteiger partial charge in [-0.15, -0.1) is 0 Å². The monoisotopic (exact) mass is 450 g/mol. The summed E-state index contributed by atoms with van der Waals surface area (Å²) in [5.41, 5.74) is 9.74. The maximum atomic E-state index is 9.96. The lowest BCUT2D eigenvalue weighted by Crippen LogP contribution is -2.43. The second-order valence-corrected chi connectivity index (χ2v) is 9.03. The van der Waals surface area contributed by atoms with Gasteiger partial charge >= 0.3 is 0 Å². The van der Waals surface area contributed by atoms with Gasteiger partial charge in [-0.05, 0) is 25.5 Å². The molecule has 0 aromatic carbocycles. The molecule has 176 valence electrons. The van der Waals surface area contributed by atoms with E-state index in [1.165, 1.54) is 0 Å². The number of aliphatic hydroxyl groups excluding tert-OH is 1. The molecular formula is C24H34N8O. The number of nitrogens with two attached hydrogens (primary N) is 1. The van der Waals surface area contributed by atoms with Gasteiger partial charge < -0.3 is 21.5 Å². The number of aromatic nitrogens is 4. The molecule has 0 aliphatic carbocycles. The lowest BCUT2D eigenvalue weighted by molar-refractivity contribution is 0.212. The van der Waals surface area contributed by atoms with Gasteiger partial charge in [-0.1, -0.05) is 25.8 Å². The Balaban J connectivity index is 1.56. The molecule has 0 saturated carbocycles. The average molecular weight is 451 g/mol. The smallest absolute Gasteiger partial charge is 0.222 e. The van der Waals surface area contributed by atoms with E-state index >= 15 is 0 Å². The summed E-state index contributed by atoms with van der Waals surface area (Å²) in [6, 6.07) is 6.11. The van der Waals surface area contributed by atoms with Crippen molar-refractivity contribution in [2.45, 2.75) is 45.2 Å². The van der Waals surface area contributed by atoms with Crippen LogP contribution in [0.15, 0.2) is 30.6 Å². The van der Waals surface area contributed by atoms with Crippen molar-refractivity contribution in [3.05, 3.63) is 36.3 Å². The van der Waals surface area contributed by atoms with E-state index < -0.39 is 5.54 Å². The predicted molar refractivity (Wildman–Crippen MR) is 132 cm³/mol. The molecule has 1 fully saturated rings. The summed E-state index contributed by atoms with van der Waals surface area (Å²) < 4.78 is 0. The fourth-order valence-corrected chi connectivity index (χ4v) is 4.10. The van der Waals surface area contributed by atoms with E-state index in [0.29, 0.717) is 16.9 Å². The molecule has 4 heterocycles. The summed E-state index contributed by atoms with van der Waals surface area (Å²) in [5, 5.41) is 16.7. The van der Waals surface area contributed by atoms with E-state index in [0.717, 1.165) is 68.8 Å². The standard InChI is InChI=1S/C24H34N8O/c1-3-4-7-24(2,16-33)31-22-21-20(29-23(25)30-22)12-18(14-28-21)17-5-6-19(27-13-17)15-32-10-8-26-9-11-32/h5-6,12-14,26,33H,3-4,7-11,15-16H2,1-2H3,(H3,25,29,30,31). The van der Waals surface area contributed by atoms with E-state index in [9.17, 15) is 5.11 Å². The number of nitrogens with zero attached hydrogens (tertiary/aromatic N) is 5. The van der Waals surface area contributed by atoms with Gasteiger partial charge in [-0.3, -0.25) is 14.9 Å². The molecule has 0 spiro atoms. The number of hydrogen-bond acceptors (Lipinski definition) is 9. The minimum Gasteiger partial charge on any atom is -0.394 e. The molecule has 4 rings (SSSR count). The van der Waals surface area contributed by atoms with Crippen molar-refractivity contribution < 1.29 is 5.11 Å². The Hall–Kier alpha value is -2.88. The highest BCUT2D eigenvalue weighted by molar-refractivity contribution is 5.89. The summed E-state index contributed by atoms with van der Waals surface area (Å²) in [7, 11) is 0. The number of rotatable bonds is 9. The van der Waals surface area contributed by atoms with Gasteiger partial charge in [0.15, 0.2) is 5.82 Å². The van der Waals surface area contributed by atoms with Crippen molar-refractivity contribution in [3.63, 3.8) is 0 Å². The number of pyridine rings is 2. The first-order chi connectivity index (χ1) is 16.0. The van der Waals surface area contributed by atoms with Gasteiger partial charge in [0.05, 0.1) is 23.4 Å². The van der Waals surface area contributed by atoms with Crippen LogP contribution in [0, 0.1) is 0 Å². The number of piperazine rings is 1. The normalized spacial score (nSPS) is 16.6. The van der Waals surface area contributed by atoms with Gasteiger partial charge in [0.1, 0.15) is 5.52 Å². The first-order valence-corrected chi connectivity index (χ1v) is 11.7. The molecule has 1 saturated heterocycles. The Morgan fingerprint density at radius 2 is 1.94 bits per heavy atom. The number of hydrogen-bond donors (Lipinski definition) is 4. The number of nitrogen functional groups attached to an aromatic ring is 1. The molecule has 1 aliphatic heterocycles. The van der Waals surface area contributed by atoms with Crippen LogP contribution in [0.2, 0.25) is 0 Å². The minimum atomic E-state index is -0.506. The summed E-state index contributed by atoms with van der Waals surface area (Å²) in [5.74, 6) is 0.713. The largest absolute Gasteiger partial charge is 0.394 e. The lowest BCUT2D eigenvalue weighted by Gasteiger charge is -2.29. The van der Waals surface area contributed by atoms with E-state index in [-0.39, 0.29) is 12.6 Å². The summed E-state index contributed by atoms with van der Waals surface area (Å²) in [4.78, 5) is 20.5. The highest BCUT2D eigenvalue weighted by Gasteiger charge is 2.25. The van der Waals surface area contributed by atoms with Gasteiger partial charge in [-0.2, -0.15) is 4.98 Å². The van der Waals surface area contributed by atoms with E-state index in [4.69, 9.17) is 5.73 Å². The van der Waals surface area contributed by atoms with Crippen LogP contribution in [0.25, 0.3) is 22.2 Å². The Morgan fingerprint density at radius 1 is 1.15 bits per heavy atom. The van der Waals surface area contributed by atoms with Crippen molar-refractivity contribution in [1.82, 2.24) is 30.2 Å². The first kappa shape index (κ1) is 23.3. The third-order valence-electron chi connectivity index (χ3n) is 6.16. The van der Waals surface area contributed by atoms with Crippen LogP contribution >= 0.6 is 0 Å². The Labute approximate surface area is 194 Å². The van der Waals surface area contributed by atoms with Gasteiger partial charge in [-0.25, -0.2) is 4.98 Å². The molecule has 5 N–H and O–H groups in total. The van der Waals surface area contributed by atoms with Crippen LogP contribution in [0.1, 0.15) is 38.8 Å². The van der Waals surface area contributed by atoms with Crippen LogP contribution in [0.4, 0.5) is 11.8 Å². The SMILES string of the molecule is CCCCC(C)(CO)Nc1nc(N)nc2cc(-c3ccc(CN4CCNCC4)nc3)cnc12. The highest BCUT2D eigenvalue weighted by Crippen LogP contribution is 2.28. The first-order valence-electron chi connectivity index (χ1n) is 11.7. The van der Waals surface area contributed by atoms with E-state index in [1.807, 2.05) is 25.4 Å². The summed E-state index contributed by atoms with van der Waals surface area (Å²) >= 11 is 0. The molecular weight excluding hydrogens is 416 g/mol. The summed E-state index contributed by atoms with van der Waals surface area (Å²) in [6.07, 6.45) is 6.56. The zero-order valence-corrected chi connectivity index (χ0v) is 19.5. The van der Waals surface area contributed by atoms with Crippen LogP contribution in [-0.4, -0.2) is 68.3 Å². The molecule has 1 aliphatic rings. The number of nitrogens with one attached hydrogen (secondary N) is 2. The Kier molecular flexibility index (Phi) is 7.32. The quantitative estimate of drug-likeness (QED) is 0.389. The minimum absolute atomic E-state index is 0.0115. The van der Waals surface area contributed by atoms with Crippen molar-refractivity contribution in [3.8, 4) is 11.1 Å². The van der Waals surface area contributed by atoms with Crippen molar-refractivity contribution in [2.75, 3.05) is 43.8 Å². The van der Waals surface area contributed by atoms with Crippen molar-refractivity contribution in [1.29, 1.82) is 0 Å². The molecule has 33 heavy (non-hydrogen) atoms. The van der Waals surface area contributed by atoms with E-state index in [2.05, 4.69) is 54.5 Å². The number of aliphatic hydroxyl groups is 1. The molecule has 1 unspecified atom stereocenters. The number of anilines is 2.